The zero-order chi connectivity index (χ0) is 32.1. The maximum Gasteiger partial charge on any atom is 0.411 e. The molecule has 0 saturated carbocycles. The summed E-state index contributed by atoms with van der Waals surface area (Å²) in [6, 6.07) is 7.10. The second kappa shape index (κ2) is 13.4. The number of amides is 2. The Balaban J connectivity index is 1.45. The summed E-state index contributed by atoms with van der Waals surface area (Å²) in [5, 5.41) is 19.7. The average Bonchev–Trinajstić information content (AvgIpc) is 3.66. The molecule has 16 heteroatoms. The summed E-state index contributed by atoms with van der Waals surface area (Å²) < 4.78 is 48.4. The molecule has 0 radical (unpaired) electrons. The van der Waals surface area contributed by atoms with Crippen molar-refractivity contribution in [1.82, 2.24) is 35.5 Å². The molecule has 3 heterocycles. The Morgan fingerprint density at radius 1 is 1.16 bits per heavy atom. The van der Waals surface area contributed by atoms with E-state index in [0.717, 1.165) is 0 Å². The van der Waals surface area contributed by atoms with E-state index in [1.807, 2.05) is 0 Å². The predicted molar refractivity (Wildman–Crippen MR) is 161 cm³/mol. The maximum absolute atomic E-state index is 14.1. The molecule has 2 atom stereocenters. The van der Waals surface area contributed by atoms with Crippen molar-refractivity contribution in [3.63, 3.8) is 0 Å². The lowest BCUT2D eigenvalue weighted by Gasteiger charge is -2.25. The highest BCUT2D eigenvalue weighted by atomic mass is 35.5. The molecule has 2 aromatic heterocycles. The van der Waals surface area contributed by atoms with Crippen LogP contribution < -0.4 is 16.0 Å². The number of benzene rings is 2. The summed E-state index contributed by atoms with van der Waals surface area (Å²) in [5.41, 5.74) is 2.94. The van der Waals surface area contributed by atoms with Gasteiger partial charge in [0.15, 0.2) is 0 Å². The summed E-state index contributed by atoms with van der Waals surface area (Å²) in [6.45, 7) is 1.75. The molecule has 0 saturated heterocycles. The van der Waals surface area contributed by atoms with Crippen LogP contribution in [0.5, 0.6) is 0 Å². The summed E-state index contributed by atoms with van der Waals surface area (Å²) >= 11 is 6.18. The lowest BCUT2D eigenvalue weighted by Crippen LogP contribution is -2.36. The Kier molecular flexibility index (Phi) is 9.37. The molecule has 4 aromatic rings. The van der Waals surface area contributed by atoms with Gasteiger partial charge in [-0.15, -0.1) is 5.10 Å². The normalized spacial score (nSPS) is 17.0. The number of aromatic nitrogens is 6. The zero-order valence-corrected chi connectivity index (χ0v) is 24.9. The highest BCUT2D eigenvalue weighted by Crippen LogP contribution is 2.37. The van der Waals surface area contributed by atoms with Crippen LogP contribution in [0.15, 0.2) is 48.8 Å². The fourth-order valence-electron chi connectivity index (χ4n) is 5.03. The van der Waals surface area contributed by atoms with Gasteiger partial charge in [0.25, 0.3) is 0 Å². The smallest absolute Gasteiger partial charge is 0.411 e. The van der Waals surface area contributed by atoms with E-state index in [0.29, 0.717) is 51.9 Å². The van der Waals surface area contributed by atoms with Gasteiger partial charge in [-0.2, -0.15) is 17.9 Å². The lowest BCUT2D eigenvalue weighted by atomic mass is 10.0. The third-order valence-corrected chi connectivity index (χ3v) is 7.45. The number of anilines is 2. The number of imidazole rings is 1. The number of halogens is 4. The van der Waals surface area contributed by atoms with Gasteiger partial charge in [0.05, 0.1) is 24.5 Å². The van der Waals surface area contributed by atoms with Crippen LogP contribution in [-0.2, 0) is 9.53 Å². The van der Waals surface area contributed by atoms with Crippen LogP contribution in [0.1, 0.15) is 48.8 Å². The number of nitrogens with zero attached hydrogens (tertiary/aromatic N) is 5. The number of carbonyl (C=O) groups excluding carboxylic acids is 2. The standard InChI is InChI=1S/C29H29ClF3N9O3/c1-16-26-20-10-9-19(36-28(44)45-2)14-22(20)37-24(29(31,32)33)6-4-3-5-21(27(35-16)39-26)38-25(43)12-7-17-13-18(30)8-11-23(17)42-15-34-40-41-42/h7-15,21,24,37H,3-6H2,1-2H3,(H,35,39)(H,36,44)(H,38,43)/b12-7+/t21-,24+/m0/s1. The minimum absolute atomic E-state index is 0.136. The van der Waals surface area contributed by atoms with Crippen molar-refractivity contribution in [3.05, 3.63) is 70.9 Å². The zero-order valence-electron chi connectivity index (χ0n) is 24.2. The van der Waals surface area contributed by atoms with Gasteiger partial charge in [-0.1, -0.05) is 24.4 Å². The van der Waals surface area contributed by atoms with Crippen LogP contribution in [-0.4, -0.2) is 61.5 Å². The lowest BCUT2D eigenvalue weighted by molar-refractivity contribution is -0.144. The quantitative estimate of drug-likeness (QED) is 0.194. The van der Waals surface area contributed by atoms with E-state index in [1.54, 1.807) is 43.3 Å². The number of carbonyl (C=O) groups is 2. The molecule has 45 heavy (non-hydrogen) atoms. The predicted octanol–water partition coefficient (Wildman–Crippen LogP) is 5.98. The molecule has 2 amide bonds. The van der Waals surface area contributed by atoms with Gasteiger partial charge in [0, 0.05) is 39.3 Å². The SMILES string of the molecule is COC(=O)Nc1ccc2c(c1)N[C@@H](C(F)(F)F)CCCC[C@H](NC(=O)/C=C/c1cc(Cl)ccc1-n1cnnn1)c1nc-2c(C)[nH]1. The topological polar surface area (TPSA) is 152 Å². The van der Waals surface area contributed by atoms with Gasteiger partial charge < -0.3 is 20.4 Å². The Bertz CT molecular complexity index is 1710. The van der Waals surface area contributed by atoms with Gasteiger partial charge in [-0.3, -0.25) is 10.1 Å². The Morgan fingerprint density at radius 2 is 1.96 bits per heavy atom. The Hall–Kier alpha value is -4.92. The number of fused-ring (bicyclic) bond motifs is 4. The minimum Gasteiger partial charge on any atom is -0.453 e. The minimum atomic E-state index is -4.54. The molecule has 2 bridgehead atoms. The second-order valence-corrected chi connectivity index (χ2v) is 10.8. The van der Waals surface area contributed by atoms with Gasteiger partial charge in [0.1, 0.15) is 18.2 Å². The molecule has 0 aliphatic carbocycles. The van der Waals surface area contributed by atoms with Crippen molar-refractivity contribution < 1.29 is 27.5 Å². The number of methoxy groups -OCH3 is 1. The largest absolute Gasteiger partial charge is 0.453 e. The van der Waals surface area contributed by atoms with Crippen molar-refractivity contribution >= 4 is 41.1 Å². The Labute approximate surface area is 260 Å². The van der Waals surface area contributed by atoms with Crippen LogP contribution in [0, 0.1) is 6.92 Å². The number of nitrogens with one attached hydrogen (secondary N) is 4. The number of H-pyrrole nitrogens is 1. The summed E-state index contributed by atoms with van der Waals surface area (Å²) in [4.78, 5) is 32.8. The van der Waals surface area contributed by atoms with Gasteiger partial charge >= 0.3 is 12.3 Å². The van der Waals surface area contributed by atoms with E-state index >= 15 is 0 Å². The van der Waals surface area contributed by atoms with Crippen molar-refractivity contribution in [2.75, 3.05) is 17.7 Å². The molecule has 5 rings (SSSR count). The number of aromatic amines is 1. The highest BCUT2D eigenvalue weighted by molar-refractivity contribution is 6.30. The molecule has 236 valence electrons. The number of ether oxygens (including phenoxy) is 1. The summed E-state index contributed by atoms with van der Waals surface area (Å²) in [6.07, 6.45) is -0.240. The number of aryl methyl sites for hydroxylation is 1. The van der Waals surface area contributed by atoms with E-state index in [2.05, 4.69) is 41.2 Å². The van der Waals surface area contributed by atoms with E-state index < -0.39 is 30.3 Å². The van der Waals surface area contributed by atoms with Crippen LogP contribution in [0.2, 0.25) is 5.02 Å². The summed E-state index contributed by atoms with van der Waals surface area (Å²) in [7, 11) is 1.19. The molecule has 1 aliphatic heterocycles. The van der Waals surface area contributed by atoms with Gasteiger partial charge in [-0.05, 0) is 72.7 Å². The van der Waals surface area contributed by atoms with Crippen molar-refractivity contribution in [3.8, 4) is 16.9 Å². The molecule has 0 fully saturated rings. The molecule has 0 spiro atoms. The van der Waals surface area contributed by atoms with Crippen LogP contribution in [0.4, 0.5) is 29.3 Å². The first kappa shape index (κ1) is 31.5. The number of tetrazole rings is 1. The Morgan fingerprint density at radius 3 is 2.69 bits per heavy atom. The monoisotopic (exact) mass is 643 g/mol. The molecule has 0 unspecified atom stereocenters. The van der Waals surface area contributed by atoms with E-state index in [-0.39, 0.29) is 24.2 Å². The molecule has 4 N–H and O–H groups in total. The number of hydrogen-bond donors (Lipinski definition) is 4. The molecular formula is C29H29ClF3N9O3. The van der Waals surface area contributed by atoms with Crippen LogP contribution in [0.3, 0.4) is 0 Å². The van der Waals surface area contributed by atoms with E-state index in [4.69, 9.17) is 16.6 Å². The van der Waals surface area contributed by atoms with Crippen molar-refractivity contribution in [1.29, 1.82) is 0 Å². The number of alkyl halides is 3. The average molecular weight is 644 g/mol. The van der Waals surface area contributed by atoms with E-state index in [1.165, 1.54) is 30.3 Å². The third-order valence-electron chi connectivity index (χ3n) is 7.22. The first-order valence-corrected chi connectivity index (χ1v) is 14.3. The fraction of sp³-hybridized carbons (Fsp3) is 0.310. The van der Waals surface area contributed by atoms with Crippen LogP contribution in [0.25, 0.3) is 23.0 Å². The molecule has 12 nitrogen and oxygen atoms in total. The maximum atomic E-state index is 14.1. The van der Waals surface area contributed by atoms with Crippen molar-refractivity contribution in [2.24, 2.45) is 0 Å². The third kappa shape index (κ3) is 7.60. The molecule has 2 aromatic carbocycles. The fourth-order valence-corrected chi connectivity index (χ4v) is 5.21. The number of hydrogen-bond acceptors (Lipinski definition) is 8. The summed E-state index contributed by atoms with van der Waals surface area (Å²) in [5.74, 6) is 0.0103. The van der Waals surface area contributed by atoms with Crippen molar-refractivity contribution in [2.45, 2.75) is 50.9 Å². The highest BCUT2D eigenvalue weighted by Gasteiger charge is 2.40. The first-order valence-electron chi connectivity index (χ1n) is 13.9. The van der Waals surface area contributed by atoms with E-state index in [9.17, 15) is 22.8 Å². The van der Waals surface area contributed by atoms with Gasteiger partial charge in [-0.25, -0.2) is 9.78 Å². The second-order valence-electron chi connectivity index (χ2n) is 10.3. The molecule has 1 aliphatic rings. The first-order chi connectivity index (χ1) is 21.5. The molecular weight excluding hydrogens is 615 g/mol. The van der Waals surface area contributed by atoms with Gasteiger partial charge in [0.2, 0.25) is 5.91 Å². The van der Waals surface area contributed by atoms with Crippen LogP contribution >= 0.6 is 11.6 Å². The number of rotatable bonds is 5.